The lowest BCUT2D eigenvalue weighted by molar-refractivity contribution is -0.111. The first kappa shape index (κ1) is 15.6. The quantitative estimate of drug-likeness (QED) is 0.599. The Balaban J connectivity index is 1.78. The molecular formula is C19H13Cl2NO. The second-order valence-corrected chi connectivity index (χ2v) is 5.83. The Labute approximate surface area is 144 Å². The van der Waals surface area contributed by atoms with Gasteiger partial charge in [-0.3, -0.25) is 4.79 Å². The zero-order valence-corrected chi connectivity index (χ0v) is 13.6. The van der Waals surface area contributed by atoms with Crippen LogP contribution in [0.2, 0.25) is 10.0 Å². The molecule has 4 heteroatoms. The first-order valence-electron chi connectivity index (χ1n) is 7.05. The predicted octanol–water partition coefficient (Wildman–Crippen LogP) is 5.80. The lowest BCUT2D eigenvalue weighted by Gasteiger charge is -2.04. The largest absolute Gasteiger partial charge is 0.322 e. The topological polar surface area (TPSA) is 29.1 Å². The standard InChI is InChI=1S/C19H13Cl2NO/c20-17-10-9-15(12-18(17)21)22-19(23)11-8-14-6-3-5-13-4-1-2-7-16(13)14/h1-12H,(H,22,23). The lowest BCUT2D eigenvalue weighted by Crippen LogP contribution is -2.07. The summed E-state index contributed by atoms with van der Waals surface area (Å²) < 4.78 is 0. The Hall–Kier alpha value is -2.29. The van der Waals surface area contributed by atoms with Gasteiger partial charge in [-0.25, -0.2) is 0 Å². The van der Waals surface area contributed by atoms with Crippen LogP contribution < -0.4 is 5.32 Å². The van der Waals surface area contributed by atoms with Gasteiger partial charge in [-0.05, 0) is 40.6 Å². The van der Waals surface area contributed by atoms with Gasteiger partial charge in [-0.2, -0.15) is 0 Å². The summed E-state index contributed by atoms with van der Waals surface area (Å²) in [6, 6.07) is 19.0. The maximum absolute atomic E-state index is 12.0. The molecule has 0 aromatic heterocycles. The van der Waals surface area contributed by atoms with E-state index in [0.717, 1.165) is 16.3 Å². The van der Waals surface area contributed by atoms with Crippen LogP contribution in [0.25, 0.3) is 16.8 Å². The number of halogens is 2. The zero-order chi connectivity index (χ0) is 16.2. The van der Waals surface area contributed by atoms with E-state index in [1.54, 1.807) is 24.3 Å². The van der Waals surface area contributed by atoms with E-state index < -0.39 is 0 Å². The monoisotopic (exact) mass is 341 g/mol. The number of carbonyl (C=O) groups is 1. The van der Waals surface area contributed by atoms with Crippen LogP contribution in [0.4, 0.5) is 5.69 Å². The zero-order valence-electron chi connectivity index (χ0n) is 12.1. The molecule has 0 atom stereocenters. The smallest absolute Gasteiger partial charge is 0.248 e. The van der Waals surface area contributed by atoms with Crippen LogP contribution in [0.3, 0.4) is 0 Å². The predicted molar refractivity (Wildman–Crippen MR) is 98.1 cm³/mol. The van der Waals surface area contributed by atoms with Crippen molar-refractivity contribution >= 4 is 51.6 Å². The molecule has 114 valence electrons. The average Bonchev–Trinajstić information content (AvgIpc) is 2.56. The molecule has 0 unspecified atom stereocenters. The van der Waals surface area contributed by atoms with Crippen LogP contribution in [0.15, 0.2) is 66.7 Å². The molecule has 3 rings (SSSR count). The first-order chi connectivity index (χ1) is 11.1. The summed E-state index contributed by atoms with van der Waals surface area (Å²) in [7, 11) is 0. The van der Waals surface area contributed by atoms with Crippen molar-refractivity contribution < 1.29 is 4.79 Å². The number of fused-ring (bicyclic) bond motifs is 1. The Morgan fingerprint density at radius 2 is 1.70 bits per heavy atom. The van der Waals surface area contributed by atoms with Gasteiger partial charge < -0.3 is 5.32 Å². The van der Waals surface area contributed by atoms with Crippen molar-refractivity contribution in [2.75, 3.05) is 5.32 Å². The van der Waals surface area contributed by atoms with Gasteiger partial charge in [0.25, 0.3) is 0 Å². The molecule has 3 aromatic rings. The van der Waals surface area contributed by atoms with E-state index >= 15 is 0 Å². The maximum Gasteiger partial charge on any atom is 0.248 e. The van der Waals surface area contributed by atoms with Gasteiger partial charge in [-0.1, -0.05) is 65.7 Å². The number of rotatable bonds is 3. The summed E-state index contributed by atoms with van der Waals surface area (Å²) >= 11 is 11.8. The van der Waals surface area contributed by atoms with Crippen LogP contribution in [0.1, 0.15) is 5.56 Å². The lowest BCUT2D eigenvalue weighted by atomic mass is 10.0. The van der Waals surface area contributed by atoms with Crippen molar-refractivity contribution in [3.8, 4) is 0 Å². The van der Waals surface area contributed by atoms with Crippen LogP contribution in [-0.4, -0.2) is 5.91 Å². The highest BCUT2D eigenvalue weighted by Gasteiger charge is 2.02. The molecule has 0 aliphatic rings. The highest BCUT2D eigenvalue weighted by Crippen LogP contribution is 2.25. The number of benzene rings is 3. The molecular weight excluding hydrogens is 329 g/mol. The van der Waals surface area contributed by atoms with Crippen LogP contribution in [-0.2, 0) is 4.79 Å². The van der Waals surface area contributed by atoms with Crippen molar-refractivity contribution in [2.45, 2.75) is 0 Å². The number of nitrogens with one attached hydrogen (secondary N) is 1. The van der Waals surface area contributed by atoms with E-state index in [4.69, 9.17) is 23.2 Å². The fourth-order valence-electron chi connectivity index (χ4n) is 2.32. The molecule has 2 nitrogen and oxygen atoms in total. The maximum atomic E-state index is 12.0. The highest BCUT2D eigenvalue weighted by atomic mass is 35.5. The summed E-state index contributed by atoms with van der Waals surface area (Å²) in [6.07, 6.45) is 3.31. The van der Waals surface area contributed by atoms with E-state index in [9.17, 15) is 4.79 Å². The summed E-state index contributed by atoms with van der Waals surface area (Å²) in [5, 5.41) is 5.86. The molecule has 0 bridgehead atoms. The molecule has 23 heavy (non-hydrogen) atoms. The van der Waals surface area contributed by atoms with Gasteiger partial charge in [-0.15, -0.1) is 0 Å². The summed E-state index contributed by atoms with van der Waals surface area (Å²) in [5.41, 5.74) is 1.60. The normalized spacial score (nSPS) is 11.0. The van der Waals surface area contributed by atoms with Gasteiger partial charge in [0.15, 0.2) is 0 Å². The minimum Gasteiger partial charge on any atom is -0.322 e. The molecule has 0 aliphatic heterocycles. The van der Waals surface area contributed by atoms with Gasteiger partial charge in [0.1, 0.15) is 0 Å². The number of amides is 1. The van der Waals surface area contributed by atoms with Crippen molar-refractivity contribution in [2.24, 2.45) is 0 Å². The third kappa shape index (κ3) is 3.73. The van der Waals surface area contributed by atoms with Crippen molar-refractivity contribution in [1.29, 1.82) is 0 Å². The molecule has 3 aromatic carbocycles. The highest BCUT2D eigenvalue weighted by molar-refractivity contribution is 6.42. The third-order valence-corrected chi connectivity index (χ3v) is 4.16. The first-order valence-corrected chi connectivity index (χ1v) is 7.81. The van der Waals surface area contributed by atoms with Crippen LogP contribution in [0.5, 0.6) is 0 Å². The molecule has 0 saturated heterocycles. The fourth-order valence-corrected chi connectivity index (χ4v) is 2.62. The number of hydrogen-bond donors (Lipinski definition) is 1. The van der Waals surface area contributed by atoms with Crippen molar-refractivity contribution in [1.82, 2.24) is 0 Å². The summed E-state index contributed by atoms with van der Waals surface area (Å²) in [6.45, 7) is 0. The van der Waals surface area contributed by atoms with Gasteiger partial charge in [0.05, 0.1) is 10.0 Å². The van der Waals surface area contributed by atoms with Gasteiger partial charge in [0, 0.05) is 11.8 Å². The van der Waals surface area contributed by atoms with E-state index in [-0.39, 0.29) is 5.91 Å². The Kier molecular flexibility index (Phi) is 4.65. The molecule has 0 radical (unpaired) electrons. The van der Waals surface area contributed by atoms with Gasteiger partial charge in [0.2, 0.25) is 5.91 Å². The van der Waals surface area contributed by atoms with E-state index in [1.807, 2.05) is 42.5 Å². The Bertz CT molecular complexity index is 898. The van der Waals surface area contributed by atoms with Crippen molar-refractivity contribution in [3.63, 3.8) is 0 Å². The molecule has 1 amide bonds. The number of anilines is 1. The minimum atomic E-state index is -0.226. The summed E-state index contributed by atoms with van der Waals surface area (Å²) in [5.74, 6) is -0.226. The minimum absolute atomic E-state index is 0.226. The molecule has 0 spiro atoms. The Morgan fingerprint density at radius 1 is 0.913 bits per heavy atom. The number of hydrogen-bond acceptors (Lipinski definition) is 1. The SMILES string of the molecule is O=C(C=Cc1cccc2ccccc12)Nc1ccc(Cl)c(Cl)c1. The Morgan fingerprint density at radius 3 is 2.52 bits per heavy atom. The van der Waals surface area contributed by atoms with E-state index in [1.165, 1.54) is 6.08 Å². The van der Waals surface area contributed by atoms with Crippen LogP contribution in [0, 0.1) is 0 Å². The third-order valence-electron chi connectivity index (χ3n) is 3.42. The van der Waals surface area contributed by atoms with Crippen molar-refractivity contribution in [3.05, 3.63) is 82.3 Å². The second-order valence-electron chi connectivity index (χ2n) is 5.02. The van der Waals surface area contributed by atoms with Crippen LogP contribution >= 0.6 is 23.2 Å². The summed E-state index contributed by atoms with van der Waals surface area (Å²) in [4.78, 5) is 12.0. The molecule has 0 fully saturated rings. The fraction of sp³-hybridized carbons (Fsp3) is 0. The molecule has 0 aliphatic carbocycles. The average molecular weight is 342 g/mol. The molecule has 1 N–H and O–H groups in total. The van der Waals surface area contributed by atoms with Gasteiger partial charge >= 0.3 is 0 Å². The van der Waals surface area contributed by atoms with E-state index in [2.05, 4.69) is 5.32 Å². The second kappa shape index (κ2) is 6.86. The van der Waals surface area contributed by atoms with E-state index in [0.29, 0.717) is 15.7 Å². The number of carbonyl (C=O) groups excluding carboxylic acids is 1. The molecule has 0 saturated carbocycles. The molecule has 0 heterocycles.